The normalized spacial score (nSPS) is 10.8. The summed E-state index contributed by atoms with van der Waals surface area (Å²) in [5.74, 6) is -0.713. The molecule has 0 radical (unpaired) electrons. The molecule has 5 nitrogen and oxygen atoms in total. The standard InChI is InChI=1S/C20H19FN2O3/c1-13(2)23(15-9-10-18(25-3)16(21)11-15)20(24)19-12-17(22-26-19)14-7-5-4-6-8-14/h4-13H,1-3H3. The zero-order valence-electron chi connectivity index (χ0n) is 14.8. The van der Waals surface area contributed by atoms with Crippen molar-refractivity contribution in [3.63, 3.8) is 0 Å². The highest BCUT2D eigenvalue weighted by Crippen LogP contribution is 2.27. The minimum absolute atomic E-state index is 0.0915. The number of methoxy groups -OCH3 is 1. The van der Waals surface area contributed by atoms with E-state index in [4.69, 9.17) is 9.26 Å². The Bertz CT molecular complexity index is 906. The molecule has 0 N–H and O–H groups in total. The van der Waals surface area contributed by atoms with Crippen LogP contribution in [0.15, 0.2) is 59.1 Å². The molecule has 1 aromatic heterocycles. The zero-order valence-corrected chi connectivity index (χ0v) is 14.8. The summed E-state index contributed by atoms with van der Waals surface area (Å²) in [6.07, 6.45) is 0. The fraction of sp³-hybridized carbons (Fsp3) is 0.200. The predicted molar refractivity (Wildman–Crippen MR) is 96.8 cm³/mol. The summed E-state index contributed by atoms with van der Waals surface area (Å²) >= 11 is 0. The lowest BCUT2D eigenvalue weighted by molar-refractivity contribution is 0.0944. The number of nitrogens with zero attached hydrogens (tertiary/aromatic N) is 2. The van der Waals surface area contributed by atoms with Crippen LogP contribution in [0.1, 0.15) is 24.4 Å². The number of rotatable bonds is 5. The van der Waals surface area contributed by atoms with Crippen molar-refractivity contribution in [2.75, 3.05) is 12.0 Å². The average Bonchev–Trinajstić information content (AvgIpc) is 3.12. The average molecular weight is 354 g/mol. The first kappa shape index (κ1) is 17.7. The number of hydrogen-bond acceptors (Lipinski definition) is 4. The maximum absolute atomic E-state index is 14.1. The molecule has 134 valence electrons. The van der Waals surface area contributed by atoms with Crippen molar-refractivity contribution in [1.29, 1.82) is 0 Å². The topological polar surface area (TPSA) is 55.6 Å². The minimum atomic E-state index is -0.536. The third kappa shape index (κ3) is 3.44. The monoisotopic (exact) mass is 354 g/mol. The molecule has 3 aromatic rings. The quantitative estimate of drug-likeness (QED) is 0.675. The molecule has 0 saturated carbocycles. The largest absolute Gasteiger partial charge is 0.494 e. The molecule has 2 aromatic carbocycles. The summed E-state index contributed by atoms with van der Waals surface area (Å²) in [5.41, 5.74) is 1.83. The second-order valence-corrected chi connectivity index (χ2v) is 6.03. The molecule has 1 amide bonds. The van der Waals surface area contributed by atoms with Gasteiger partial charge in [0.2, 0.25) is 5.76 Å². The molecule has 0 aliphatic rings. The van der Waals surface area contributed by atoms with E-state index in [1.165, 1.54) is 24.1 Å². The van der Waals surface area contributed by atoms with Crippen molar-refractivity contribution in [2.45, 2.75) is 19.9 Å². The summed E-state index contributed by atoms with van der Waals surface area (Å²) in [6, 6.07) is 15.2. The van der Waals surface area contributed by atoms with Gasteiger partial charge in [-0.3, -0.25) is 4.79 Å². The van der Waals surface area contributed by atoms with Crippen LogP contribution in [-0.2, 0) is 0 Å². The van der Waals surface area contributed by atoms with Gasteiger partial charge in [0, 0.05) is 29.4 Å². The second-order valence-electron chi connectivity index (χ2n) is 6.03. The summed E-state index contributed by atoms with van der Waals surface area (Å²) in [5, 5.41) is 3.97. The van der Waals surface area contributed by atoms with E-state index >= 15 is 0 Å². The van der Waals surface area contributed by atoms with Gasteiger partial charge in [-0.15, -0.1) is 0 Å². The maximum Gasteiger partial charge on any atom is 0.297 e. The van der Waals surface area contributed by atoms with E-state index in [9.17, 15) is 9.18 Å². The van der Waals surface area contributed by atoms with E-state index < -0.39 is 5.82 Å². The third-order valence-corrected chi connectivity index (χ3v) is 3.94. The van der Waals surface area contributed by atoms with Gasteiger partial charge in [0.25, 0.3) is 5.91 Å². The Balaban J connectivity index is 1.93. The molecule has 6 heteroatoms. The first-order chi connectivity index (χ1) is 12.5. The molecular formula is C20H19FN2O3. The SMILES string of the molecule is COc1ccc(N(C(=O)c2cc(-c3ccccc3)no2)C(C)C)cc1F. The fourth-order valence-electron chi connectivity index (χ4n) is 2.69. The summed E-state index contributed by atoms with van der Waals surface area (Å²) < 4.78 is 24.2. The van der Waals surface area contributed by atoms with Crippen molar-refractivity contribution >= 4 is 11.6 Å². The van der Waals surface area contributed by atoms with Crippen LogP contribution in [0, 0.1) is 5.82 Å². The van der Waals surface area contributed by atoms with Gasteiger partial charge >= 0.3 is 0 Å². The number of hydrogen-bond donors (Lipinski definition) is 0. The van der Waals surface area contributed by atoms with Crippen LogP contribution in [0.5, 0.6) is 5.75 Å². The number of carbonyl (C=O) groups excluding carboxylic acids is 1. The van der Waals surface area contributed by atoms with E-state index in [2.05, 4.69) is 5.16 Å². The molecule has 0 bridgehead atoms. The van der Waals surface area contributed by atoms with Crippen molar-refractivity contribution in [3.8, 4) is 17.0 Å². The van der Waals surface area contributed by atoms with Gasteiger partial charge in [-0.05, 0) is 26.0 Å². The van der Waals surface area contributed by atoms with Crippen LogP contribution in [0.2, 0.25) is 0 Å². The van der Waals surface area contributed by atoms with E-state index in [1.54, 1.807) is 12.1 Å². The smallest absolute Gasteiger partial charge is 0.297 e. The molecule has 0 saturated heterocycles. The van der Waals surface area contributed by atoms with Crippen LogP contribution >= 0.6 is 0 Å². The van der Waals surface area contributed by atoms with Crippen LogP contribution in [0.4, 0.5) is 10.1 Å². The highest BCUT2D eigenvalue weighted by atomic mass is 19.1. The van der Waals surface area contributed by atoms with Crippen molar-refractivity contribution < 1.29 is 18.4 Å². The summed E-state index contributed by atoms with van der Waals surface area (Å²) in [4.78, 5) is 14.4. The van der Waals surface area contributed by atoms with Gasteiger partial charge in [0.15, 0.2) is 11.6 Å². The summed E-state index contributed by atoms with van der Waals surface area (Å²) in [6.45, 7) is 3.68. The lowest BCUT2D eigenvalue weighted by Crippen LogP contribution is -2.36. The molecular weight excluding hydrogens is 335 g/mol. The van der Waals surface area contributed by atoms with Gasteiger partial charge in [0.05, 0.1) is 7.11 Å². The van der Waals surface area contributed by atoms with E-state index in [-0.39, 0.29) is 23.5 Å². The number of ether oxygens (including phenoxy) is 1. The van der Waals surface area contributed by atoms with E-state index in [1.807, 2.05) is 44.2 Å². The van der Waals surface area contributed by atoms with Gasteiger partial charge in [-0.25, -0.2) is 4.39 Å². The van der Waals surface area contributed by atoms with Crippen LogP contribution in [0.3, 0.4) is 0 Å². The van der Waals surface area contributed by atoms with Crippen LogP contribution in [-0.4, -0.2) is 24.2 Å². The lowest BCUT2D eigenvalue weighted by Gasteiger charge is -2.26. The van der Waals surface area contributed by atoms with E-state index in [0.717, 1.165) is 5.56 Å². The van der Waals surface area contributed by atoms with Gasteiger partial charge in [0.1, 0.15) is 5.69 Å². The first-order valence-electron chi connectivity index (χ1n) is 8.20. The third-order valence-electron chi connectivity index (χ3n) is 3.94. The molecule has 0 aliphatic carbocycles. The van der Waals surface area contributed by atoms with Gasteiger partial charge < -0.3 is 14.2 Å². The number of carbonyl (C=O) groups is 1. The number of halogens is 1. The first-order valence-corrected chi connectivity index (χ1v) is 8.20. The number of amides is 1. The van der Waals surface area contributed by atoms with Gasteiger partial charge in [-0.1, -0.05) is 35.5 Å². The highest BCUT2D eigenvalue weighted by molar-refractivity contribution is 6.05. The Hall–Kier alpha value is -3.15. The van der Waals surface area contributed by atoms with Crippen LogP contribution in [0.25, 0.3) is 11.3 Å². The number of benzene rings is 2. The fourth-order valence-corrected chi connectivity index (χ4v) is 2.69. The Morgan fingerprint density at radius 1 is 1.15 bits per heavy atom. The molecule has 0 unspecified atom stereocenters. The van der Waals surface area contributed by atoms with E-state index in [0.29, 0.717) is 11.4 Å². The van der Waals surface area contributed by atoms with Gasteiger partial charge in [-0.2, -0.15) is 0 Å². The predicted octanol–water partition coefficient (Wildman–Crippen LogP) is 4.54. The molecule has 0 atom stereocenters. The Morgan fingerprint density at radius 2 is 1.88 bits per heavy atom. The molecule has 0 aliphatic heterocycles. The maximum atomic E-state index is 14.1. The highest BCUT2D eigenvalue weighted by Gasteiger charge is 2.25. The van der Waals surface area contributed by atoms with Crippen molar-refractivity contribution in [1.82, 2.24) is 5.16 Å². The summed E-state index contributed by atoms with van der Waals surface area (Å²) in [7, 11) is 1.39. The van der Waals surface area contributed by atoms with Crippen molar-refractivity contribution in [2.24, 2.45) is 0 Å². The molecule has 3 rings (SSSR count). The number of aromatic nitrogens is 1. The number of anilines is 1. The van der Waals surface area contributed by atoms with Crippen LogP contribution < -0.4 is 9.64 Å². The zero-order chi connectivity index (χ0) is 18.7. The molecule has 1 heterocycles. The Morgan fingerprint density at radius 3 is 2.50 bits per heavy atom. The van der Waals surface area contributed by atoms with Crippen molar-refractivity contribution in [3.05, 3.63) is 66.2 Å². The second kappa shape index (κ2) is 7.39. The molecule has 26 heavy (non-hydrogen) atoms. The molecule has 0 spiro atoms. The minimum Gasteiger partial charge on any atom is -0.494 e. The Kier molecular flexibility index (Phi) is 5.02. The Labute approximate surface area is 151 Å². The molecule has 0 fully saturated rings. The lowest BCUT2D eigenvalue weighted by atomic mass is 10.1.